The van der Waals surface area contributed by atoms with Gasteiger partial charge in [0.1, 0.15) is 23.0 Å². The maximum atomic E-state index is 12.7. The van der Waals surface area contributed by atoms with Crippen molar-refractivity contribution in [3.05, 3.63) is 114 Å². The predicted molar refractivity (Wildman–Crippen MR) is 158 cm³/mol. The Hall–Kier alpha value is -4.42. The number of nitrogens with zero attached hydrogens (tertiary/aromatic N) is 2. The third-order valence-corrected chi connectivity index (χ3v) is 7.26. The standard InChI is InChI=1S/C29H23BrN2O8S/c1-3-39-29(35)24-25(33)23(41-28(24)31-27(34)19-9-5-4-6-10-19)15-18-13-21(30)26(22(14-18)38-2)40-16-17-8-7-11-20(12-17)32(36)37/h4-15,33H,3,16H2,1-2H3/b23-15-,31-28?. The Morgan fingerprint density at radius 3 is 2.56 bits per heavy atom. The fraction of sp³-hybridized carbons (Fsp3) is 0.138. The number of thioether (sulfide) groups is 1. The average Bonchev–Trinajstić information content (AvgIpc) is 3.26. The van der Waals surface area contributed by atoms with Crippen molar-refractivity contribution in [2.45, 2.75) is 13.5 Å². The van der Waals surface area contributed by atoms with Gasteiger partial charge in [-0.3, -0.25) is 14.9 Å². The molecule has 4 rings (SSSR count). The Bertz CT molecular complexity index is 1600. The topological polar surface area (TPSA) is 138 Å². The molecular weight excluding hydrogens is 616 g/mol. The lowest BCUT2D eigenvalue weighted by atomic mass is 10.1. The average molecular weight is 639 g/mol. The minimum Gasteiger partial charge on any atom is -0.506 e. The summed E-state index contributed by atoms with van der Waals surface area (Å²) in [5.74, 6) is -1.03. The summed E-state index contributed by atoms with van der Waals surface area (Å²) in [6, 6.07) is 17.8. The number of benzene rings is 3. The van der Waals surface area contributed by atoms with Gasteiger partial charge >= 0.3 is 5.97 Å². The molecule has 41 heavy (non-hydrogen) atoms. The zero-order chi connectivity index (χ0) is 29.5. The van der Waals surface area contributed by atoms with Crippen LogP contribution in [0.1, 0.15) is 28.4 Å². The normalized spacial score (nSPS) is 14.8. The molecule has 10 nitrogen and oxygen atoms in total. The summed E-state index contributed by atoms with van der Waals surface area (Å²) in [6.45, 7) is 1.75. The van der Waals surface area contributed by atoms with E-state index in [-0.39, 0.29) is 40.2 Å². The van der Waals surface area contributed by atoms with E-state index in [0.29, 0.717) is 32.7 Å². The van der Waals surface area contributed by atoms with Crippen LogP contribution >= 0.6 is 27.7 Å². The van der Waals surface area contributed by atoms with Crippen molar-refractivity contribution in [1.82, 2.24) is 0 Å². The fourth-order valence-electron chi connectivity index (χ4n) is 3.76. The smallest absolute Gasteiger partial charge is 0.344 e. The van der Waals surface area contributed by atoms with Gasteiger partial charge in [0.05, 0.1) is 28.0 Å². The molecule has 3 aromatic carbocycles. The number of aliphatic hydroxyl groups excluding tert-OH is 1. The van der Waals surface area contributed by atoms with Crippen LogP contribution in [-0.4, -0.2) is 40.7 Å². The number of nitro groups is 1. The number of esters is 1. The van der Waals surface area contributed by atoms with E-state index in [9.17, 15) is 24.8 Å². The van der Waals surface area contributed by atoms with Gasteiger partial charge in [-0.1, -0.05) is 42.1 Å². The van der Waals surface area contributed by atoms with E-state index in [4.69, 9.17) is 14.2 Å². The minimum absolute atomic E-state index is 0.0176. The highest BCUT2D eigenvalue weighted by molar-refractivity contribution is 9.10. The maximum Gasteiger partial charge on any atom is 0.344 e. The number of halogens is 1. The number of nitro benzene ring substituents is 1. The first-order chi connectivity index (χ1) is 19.7. The Balaban J connectivity index is 1.64. The lowest BCUT2D eigenvalue weighted by molar-refractivity contribution is -0.384. The number of ether oxygens (including phenoxy) is 3. The van der Waals surface area contributed by atoms with Gasteiger partial charge in [-0.25, -0.2) is 9.79 Å². The number of aliphatic hydroxyl groups is 1. The van der Waals surface area contributed by atoms with Crippen molar-refractivity contribution < 1.29 is 33.8 Å². The number of non-ortho nitro benzene ring substituents is 1. The number of carbonyl (C=O) groups excluding carboxylic acids is 2. The molecule has 0 saturated carbocycles. The number of rotatable bonds is 9. The summed E-state index contributed by atoms with van der Waals surface area (Å²) in [6.07, 6.45) is 1.60. The van der Waals surface area contributed by atoms with Gasteiger partial charge in [-0.15, -0.1) is 0 Å². The Kier molecular flexibility index (Phi) is 9.58. The minimum atomic E-state index is -0.802. The number of methoxy groups -OCH3 is 1. The number of carbonyl (C=O) groups is 2. The molecule has 0 saturated heterocycles. The van der Waals surface area contributed by atoms with Crippen LogP contribution in [0.15, 0.2) is 92.4 Å². The summed E-state index contributed by atoms with van der Waals surface area (Å²) in [5, 5.41) is 22.1. The van der Waals surface area contributed by atoms with Gasteiger partial charge in [-0.2, -0.15) is 0 Å². The fourth-order valence-corrected chi connectivity index (χ4v) is 5.35. The molecule has 0 spiro atoms. The monoisotopic (exact) mass is 638 g/mol. The number of aliphatic imine (C=N–C) groups is 1. The van der Waals surface area contributed by atoms with Crippen molar-refractivity contribution in [1.29, 1.82) is 0 Å². The van der Waals surface area contributed by atoms with Crippen LogP contribution in [-0.2, 0) is 16.1 Å². The van der Waals surface area contributed by atoms with E-state index in [2.05, 4.69) is 20.9 Å². The molecule has 1 amide bonds. The molecule has 1 aliphatic rings. The van der Waals surface area contributed by atoms with Crippen molar-refractivity contribution in [2.24, 2.45) is 4.99 Å². The zero-order valence-electron chi connectivity index (χ0n) is 21.8. The van der Waals surface area contributed by atoms with Gasteiger partial charge in [-0.05, 0) is 64.3 Å². The molecule has 3 aromatic rings. The van der Waals surface area contributed by atoms with Gasteiger partial charge in [0, 0.05) is 17.7 Å². The van der Waals surface area contributed by atoms with Gasteiger partial charge < -0.3 is 19.3 Å². The summed E-state index contributed by atoms with van der Waals surface area (Å²) in [4.78, 5) is 40.4. The van der Waals surface area contributed by atoms with E-state index >= 15 is 0 Å². The zero-order valence-corrected chi connectivity index (χ0v) is 24.2. The van der Waals surface area contributed by atoms with Crippen LogP contribution < -0.4 is 9.47 Å². The second-order valence-electron chi connectivity index (χ2n) is 8.39. The predicted octanol–water partition coefficient (Wildman–Crippen LogP) is 6.65. The first kappa shape index (κ1) is 29.6. The molecule has 0 radical (unpaired) electrons. The van der Waals surface area contributed by atoms with E-state index in [0.717, 1.165) is 11.8 Å². The first-order valence-electron chi connectivity index (χ1n) is 12.1. The van der Waals surface area contributed by atoms with E-state index in [1.54, 1.807) is 67.6 Å². The Labute approximate surface area is 247 Å². The van der Waals surface area contributed by atoms with Crippen molar-refractivity contribution >= 4 is 56.4 Å². The molecule has 0 bridgehead atoms. The van der Waals surface area contributed by atoms with Crippen molar-refractivity contribution in [2.75, 3.05) is 13.7 Å². The van der Waals surface area contributed by atoms with Gasteiger partial charge in [0.15, 0.2) is 11.5 Å². The molecule has 1 heterocycles. The summed E-state index contributed by atoms with van der Waals surface area (Å²) in [5.41, 5.74) is 1.26. The SMILES string of the molecule is CCOC(=O)C1=C(O)/C(=C/c2cc(Br)c(OCc3cccc([N+](=O)[O-])c3)c(OC)c2)SC1=NC(=O)c1ccccc1. The molecule has 1 aliphatic heterocycles. The summed E-state index contributed by atoms with van der Waals surface area (Å²) in [7, 11) is 1.46. The number of hydrogen-bond acceptors (Lipinski definition) is 9. The van der Waals surface area contributed by atoms with Crippen LogP contribution in [0.3, 0.4) is 0 Å². The highest BCUT2D eigenvalue weighted by Crippen LogP contribution is 2.42. The van der Waals surface area contributed by atoms with Gasteiger partial charge in [0.2, 0.25) is 0 Å². The highest BCUT2D eigenvalue weighted by atomic mass is 79.9. The lowest BCUT2D eigenvalue weighted by Gasteiger charge is -2.14. The molecule has 1 N–H and O–H groups in total. The van der Waals surface area contributed by atoms with Crippen LogP contribution in [0.4, 0.5) is 5.69 Å². The van der Waals surface area contributed by atoms with Crippen molar-refractivity contribution in [3.8, 4) is 11.5 Å². The lowest BCUT2D eigenvalue weighted by Crippen LogP contribution is -2.14. The van der Waals surface area contributed by atoms with Crippen LogP contribution in [0.2, 0.25) is 0 Å². The molecule has 0 atom stereocenters. The van der Waals surface area contributed by atoms with Crippen LogP contribution in [0.5, 0.6) is 11.5 Å². The molecule has 210 valence electrons. The highest BCUT2D eigenvalue weighted by Gasteiger charge is 2.34. The van der Waals surface area contributed by atoms with Crippen LogP contribution in [0, 0.1) is 10.1 Å². The second-order valence-corrected chi connectivity index (χ2v) is 10.3. The van der Waals surface area contributed by atoms with Crippen molar-refractivity contribution in [3.63, 3.8) is 0 Å². The number of amides is 1. The molecule has 0 unspecified atom stereocenters. The molecule has 0 aliphatic carbocycles. The summed E-state index contributed by atoms with van der Waals surface area (Å²) >= 11 is 4.43. The summed E-state index contributed by atoms with van der Waals surface area (Å²) < 4.78 is 17.0. The van der Waals surface area contributed by atoms with Crippen LogP contribution in [0.25, 0.3) is 6.08 Å². The molecule has 0 fully saturated rings. The van der Waals surface area contributed by atoms with E-state index in [1.165, 1.54) is 19.2 Å². The van der Waals surface area contributed by atoms with E-state index < -0.39 is 16.8 Å². The quantitative estimate of drug-likeness (QED) is 0.155. The molecular formula is C29H23BrN2O8S. The molecule has 12 heteroatoms. The number of hydrogen-bond donors (Lipinski definition) is 1. The third-order valence-electron chi connectivity index (χ3n) is 5.65. The van der Waals surface area contributed by atoms with Gasteiger partial charge in [0.25, 0.3) is 11.6 Å². The largest absolute Gasteiger partial charge is 0.506 e. The first-order valence-corrected chi connectivity index (χ1v) is 13.7. The molecule has 0 aromatic heterocycles. The maximum absolute atomic E-state index is 12.7. The Morgan fingerprint density at radius 2 is 1.88 bits per heavy atom. The Morgan fingerprint density at radius 1 is 1.12 bits per heavy atom. The van der Waals surface area contributed by atoms with E-state index in [1.807, 2.05) is 0 Å². The third kappa shape index (κ3) is 7.02. The second kappa shape index (κ2) is 13.3.